The summed E-state index contributed by atoms with van der Waals surface area (Å²) in [4.78, 5) is 16.0. The highest BCUT2D eigenvalue weighted by Gasteiger charge is 2.36. The van der Waals surface area contributed by atoms with Gasteiger partial charge in [-0.1, -0.05) is 6.92 Å². The lowest BCUT2D eigenvalue weighted by Crippen LogP contribution is -2.12. The van der Waals surface area contributed by atoms with E-state index < -0.39 is 0 Å². The van der Waals surface area contributed by atoms with Crippen molar-refractivity contribution >= 4 is 11.6 Å². The van der Waals surface area contributed by atoms with E-state index in [1.54, 1.807) is 25.4 Å². The lowest BCUT2D eigenvalue weighted by molar-refractivity contribution is -0.116. The molecule has 2 aromatic heterocycles. The predicted molar refractivity (Wildman–Crippen MR) is 83.0 cm³/mol. The van der Waals surface area contributed by atoms with Gasteiger partial charge in [0, 0.05) is 24.8 Å². The van der Waals surface area contributed by atoms with Gasteiger partial charge in [-0.2, -0.15) is 0 Å². The topological polar surface area (TPSA) is 64.4 Å². The lowest BCUT2D eigenvalue weighted by Gasteiger charge is -2.05. The van der Waals surface area contributed by atoms with Crippen molar-refractivity contribution in [1.29, 1.82) is 0 Å². The van der Waals surface area contributed by atoms with Crippen molar-refractivity contribution in [3.63, 3.8) is 0 Å². The largest absolute Gasteiger partial charge is 0.481 e. The number of nitrogens with one attached hydrogen (secondary N) is 1. The SMILES string of the molecule is COc1ccc(NC(=O)CCc2ccc([C@@H]3C[C@@H]3C)o2)cn1. The number of nitrogens with zero attached hydrogens (tertiary/aromatic N) is 1. The molecule has 2 heterocycles. The van der Waals surface area contributed by atoms with Crippen LogP contribution in [0.25, 0.3) is 0 Å². The summed E-state index contributed by atoms with van der Waals surface area (Å²) in [5.41, 5.74) is 0.665. The van der Waals surface area contributed by atoms with Crippen LogP contribution in [0.2, 0.25) is 0 Å². The van der Waals surface area contributed by atoms with E-state index in [1.165, 1.54) is 6.42 Å². The van der Waals surface area contributed by atoms with Crippen LogP contribution >= 0.6 is 0 Å². The van der Waals surface area contributed by atoms with E-state index in [1.807, 2.05) is 12.1 Å². The minimum Gasteiger partial charge on any atom is -0.481 e. The number of ether oxygens (including phenoxy) is 1. The second-order valence-electron chi connectivity index (χ2n) is 5.76. The van der Waals surface area contributed by atoms with Gasteiger partial charge in [0.15, 0.2) is 0 Å². The van der Waals surface area contributed by atoms with Crippen molar-refractivity contribution < 1.29 is 13.9 Å². The van der Waals surface area contributed by atoms with Crippen LogP contribution in [0, 0.1) is 5.92 Å². The Kier molecular flexibility index (Phi) is 4.13. The first-order valence-corrected chi connectivity index (χ1v) is 7.54. The third-order valence-corrected chi connectivity index (χ3v) is 3.99. The Morgan fingerprint density at radius 2 is 2.23 bits per heavy atom. The summed E-state index contributed by atoms with van der Waals surface area (Å²) >= 11 is 0. The molecule has 3 rings (SSSR count). The maximum Gasteiger partial charge on any atom is 0.224 e. The number of aryl methyl sites for hydroxylation is 1. The van der Waals surface area contributed by atoms with E-state index in [0.29, 0.717) is 30.3 Å². The summed E-state index contributed by atoms with van der Waals surface area (Å²) < 4.78 is 10.8. The lowest BCUT2D eigenvalue weighted by atomic mass is 10.2. The zero-order chi connectivity index (χ0) is 15.5. The molecule has 1 amide bonds. The Balaban J connectivity index is 1.48. The van der Waals surface area contributed by atoms with Crippen molar-refractivity contribution in [2.75, 3.05) is 12.4 Å². The fraction of sp³-hybridized carbons (Fsp3) is 0.412. The molecule has 1 aliphatic carbocycles. The molecule has 0 aliphatic heterocycles. The predicted octanol–water partition coefficient (Wildman–Crippen LogP) is 3.38. The number of carbonyl (C=O) groups is 1. The number of carbonyl (C=O) groups excluding carboxylic acids is 1. The van der Waals surface area contributed by atoms with E-state index in [4.69, 9.17) is 9.15 Å². The number of rotatable bonds is 6. The molecule has 2 aromatic rings. The van der Waals surface area contributed by atoms with Crippen molar-refractivity contribution in [3.05, 3.63) is 42.0 Å². The van der Waals surface area contributed by atoms with Gasteiger partial charge >= 0.3 is 0 Å². The zero-order valence-electron chi connectivity index (χ0n) is 12.8. The molecule has 0 saturated heterocycles. The van der Waals surface area contributed by atoms with Crippen LogP contribution in [0.3, 0.4) is 0 Å². The molecule has 0 bridgehead atoms. The summed E-state index contributed by atoms with van der Waals surface area (Å²) in [6.07, 6.45) is 3.78. The van der Waals surface area contributed by atoms with E-state index >= 15 is 0 Å². The van der Waals surface area contributed by atoms with Crippen LogP contribution in [0.4, 0.5) is 5.69 Å². The quantitative estimate of drug-likeness (QED) is 0.888. The van der Waals surface area contributed by atoms with Gasteiger partial charge in [-0.25, -0.2) is 4.98 Å². The van der Waals surface area contributed by atoms with Gasteiger partial charge in [0.25, 0.3) is 0 Å². The van der Waals surface area contributed by atoms with Crippen LogP contribution in [-0.4, -0.2) is 18.0 Å². The van der Waals surface area contributed by atoms with Crippen molar-refractivity contribution in [2.45, 2.75) is 32.1 Å². The van der Waals surface area contributed by atoms with Crippen molar-refractivity contribution in [3.8, 4) is 5.88 Å². The average molecular weight is 300 g/mol. The van der Waals surface area contributed by atoms with Gasteiger partial charge in [-0.05, 0) is 30.5 Å². The van der Waals surface area contributed by atoms with Crippen molar-refractivity contribution in [2.24, 2.45) is 5.92 Å². The second-order valence-corrected chi connectivity index (χ2v) is 5.76. The molecular formula is C17H20N2O3. The number of anilines is 1. The molecule has 1 saturated carbocycles. The van der Waals surface area contributed by atoms with Crippen LogP contribution in [0.1, 0.15) is 37.2 Å². The van der Waals surface area contributed by atoms with Gasteiger partial charge in [-0.3, -0.25) is 4.79 Å². The minimum absolute atomic E-state index is 0.0512. The molecule has 5 heteroatoms. The maximum atomic E-state index is 11.9. The molecule has 1 N–H and O–H groups in total. The number of hydrogen-bond acceptors (Lipinski definition) is 4. The summed E-state index contributed by atoms with van der Waals surface area (Å²) in [5.74, 6) is 3.71. The summed E-state index contributed by atoms with van der Waals surface area (Å²) in [6.45, 7) is 2.23. The van der Waals surface area contributed by atoms with E-state index in [2.05, 4.69) is 17.2 Å². The third kappa shape index (κ3) is 3.47. The third-order valence-electron chi connectivity index (χ3n) is 3.99. The van der Waals surface area contributed by atoms with Gasteiger partial charge in [0.05, 0.1) is 19.0 Å². The number of hydrogen-bond donors (Lipinski definition) is 1. The standard InChI is InChI=1S/C17H20N2O3/c1-11-9-14(11)15-6-4-13(22-15)5-7-16(20)19-12-3-8-17(21-2)18-10-12/h3-4,6,8,10-11,14H,5,7,9H2,1-2H3,(H,19,20)/t11-,14+/m0/s1. The fourth-order valence-electron chi connectivity index (χ4n) is 2.48. The highest BCUT2D eigenvalue weighted by atomic mass is 16.5. The first-order valence-electron chi connectivity index (χ1n) is 7.54. The molecule has 2 atom stereocenters. The molecule has 22 heavy (non-hydrogen) atoms. The minimum atomic E-state index is -0.0512. The number of methoxy groups -OCH3 is 1. The maximum absolute atomic E-state index is 11.9. The monoisotopic (exact) mass is 300 g/mol. The number of furan rings is 1. The summed E-state index contributed by atoms with van der Waals surface area (Å²) in [5, 5.41) is 2.81. The Bertz CT molecular complexity index is 648. The Labute approximate surface area is 129 Å². The van der Waals surface area contributed by atoms with Gasteiger partial charge < -0.3 is 14.5 Å². The zero-order valence-corrected chi connectivity index (χ0v) is 12.8. The summed E-state index contributed by atoms with van der Waals surface area (Å²) in [6, 6.07) is 7.49. The van der Waals surface area contributed by atoms with Gasteiger partial charge in [-0.15, -0.1) is 0 Å². The van der Waals surface area contributed by atoms with E-state index in [0.717, 1.165) is 17.4 Å². The molecular weight excluding hydrogens is 280 g/mol. The first-order chi connectivity index (χ1) is 10.7. The molecule has 1 fully saturated rings. The smallest absolute Gasteiger partial charge is 0.224 e. The Hall–Kier alpha value is -2.30. The fourth-order valence-corrected chi connectivity index (χ4v) is 2.48. The number of aromatic nitrogens is 1. The van der Waals surface area contributed by atoms with Gasteiger partial charge in [0.2, 0.25) is 11.8 Å². The normalized spacial score (nSPS) is 19.7. The molecule has 0 spiro atoms. The molecule has 0 radical (unpaired) electrons. The summed E-state index contributed by atoms with van der Waals surface area (Å²) in [7, 11) is 1.56. The van der Waals surface area contributed by atoms with E-state index in [9.17, 15) is 4.79 Å². The molecule has 1 aliphatic rings. The number of amides is 1. The van der Waals surface area contributed by atoms with Crippen molar-refractivity contribution in [1.82, 2.24) is 4.98 Å². The average Bonchev–Trinajstić information content (AvgIpc) is 3.08. The molecule has 5 nitrogen and oxygen atoms in total. The Morgan fingerprint density at radius 1 is 1.41 bits per heavy atom. The van der Waals surface area contributed by atoms with E-state index in [-0.39, 0.29) is 5.91 Å². The number of pyridine rings is 1. The molecule has 0 unspecified atom stereocenters. The highest BCUT2D eigenvalue weighted by molar-refractivity contribution is 5.90. The van der Waals surface area contributed by atoms with Crippen LogP contribution < -0.4 is 10.1 Å². The molecule has 116 valence electrons. The molecule has 0 aromatic carbocycles. The second kappa shape index (κ2) is 6.22. The Morgan fingerprint density at radius 3 is 2.86 bits per heavy atom. The van der Waals surface area contributed by atoms with Gasteiger partial charge in [0.1, 0.15) is 11.5 Å². The van der Waals surface area contributed by atoms with Crippen LogP contribution in [0.15, 0.2) is 34.9 Å². The van der Waals surface area contributed by atoms with Crippen LogP contribution in [0.5, 0.6) is 5.88 Å². The first kappa shape index (κ1) is 14.6. The van der Waals surface area contributed by atoms with Crippen LogP contribution in [-0.2, 0) is 11.2 Å². The highest BCUT2D eigenvalue weighted by Crippen LogP contribution is 2.47.